The van der Waals surface area contributed by atoms with Crippen LogP contribution >= 0.6 is 22.9 Å². The summed E-state index contributed by atoms with van der Waals surface area (Å²) in [4.78, 5) is 22.8. The van der Waals surface area contributed by atoms with Gasteiger partial charge in [-0.25, -0.2) is 13.4 Å². The molecule has 3 heterocycles. The van der Waals surface area contributed by atoms with E-state index in [2.05, 4.69) is 16.9 Å². The minimum Gasteiger partial charge on any atom is -0.334 e. The lowest BCUT2D eigenvalue weighted by atomic mass is 10.1. The molecule has 0 N–H and O–H groups in total. The summed E-state index contributed by atoms with van der Waals surface area (Å²) in [7, 11) is -1.54. The number of hydrogen-bond donors (Lipinski definition) is 0. The Morgan fingerprint density at radius 1 is 1.06 bits per heavy atom. The largest absolute Gasteiger partial charge is 0.334 e. The molecule has 5 rings (SSSR count). The van der Waals surface area contributed by atoms with Gasteiger partial charge in [-0.05, 0) is 55.1 Å². The molecule has 0 bridgehead atoms. The zero-order valence-corrected chi connectivity index (χ0v) is 20.7. The predicted molar refractivity (Wildman–Crippen MR) is 131 cm³/mol. The van der Waals surface area contributed by atoms with Crippen LogP contribution in [-0.2, 0) is 10.0 Å². The number of benzene rings is 2. The molecule has 0 spiro atoms. The number of sulfonamides is 1. The second-order valence-corrected chi connectivity index (χ2v) is 12.1. The zero-order chi connectivity index (χ0) is 23.2. The molecule has 33 heavy (non-hydrogen) atoms. The molecule has 1 unspecified atom stereocenters. The molecule has 1 aromatic heterocycles. The number of carbonyl (C=O) groups excluding carboxylic acids is 1. The lowest BCUT2D eigenvalue weighted by Gasteiger charge is -2.33. The van der Waals surface area contributed by atoms with Gasteiger partial charge in [-0.2, -0.15) is 4.31 Å². The normalized spacial score (nSPS) is 20.5. The summed E-state index contributed by atoms with van der Waals surface area (Å²) in [5.74, 6) is 0.325. The van der Waals surface area contributed by atoms with E-state index in [0.29, 0.717) is 29.0 Å². The molecular formula is C23H25ClN4O3S2. The number of carbonyl (C=O) groups is 1. The van der Waals surface area contributed by atoms with E-state index in [1.165, 1.54) is 15.6 Å². The summed E-state index contributed by atoms with van der Waals surface area (Å²) >= 11 is 7.50. The molecular weight excluding hydrogens is 480 g/mol. The molecule has 2 aliphatic heterocycles. The summed E-state index contributed by atoms with van der Waals surface area (Å²) < 4.78 is 27.9. The zero-order valence-electron chi connectivity index (χ0n) is 18.3. The predicted octanol–water partition coefficient (Wildman–Crippen LogP) is 3.52. The Labute approximate surface area is 202 Å². The summed E-state index contributed by atoms with van der Waals surface area (Å²) in [5, 5.41) is 2.82. The summed E-state index contributed by atoms with van der Waals surface area (Å²) in [6.07, 6.45) is 2.92. The van der Waals surface area contributed by atoms with Crippen LogP contribution in [0.2, 0.25) is 5.02 Å². The van der Waals surface area contributed by atoms with E-state index in [1.54, 1.807) is 29.2 Å². The first-order valence-corrected chi connectivity index (χ1v) is 13.6. The minimum absolute atomic E-state index is 0.114. The fourth-order valence-corrected chi connectivity index (χ4v) is 7.16. The van der Waals surface area contributed by atoms with E-state index in [-0.39, 0.29) is 23.9 Å². The number of aromatic nitrogens is 1. The fraction of sp³-hybridized carbons (Fsp3) is 0.391. The van der Waals surface area contributed by atoms with Gasteiger partial charge in [-0.15, -0.1) is 11.3 Å². The second-order valence-electron chi connectivity index (χ2n) is 8.67. The third kappa shape index (κ3) is 4.52. The number of fused-ring (bicyclic) bond motifs is 1. The van der Waals surface area contributed by atoms with Crippen LogP contribution in [0, 0.1) is 0 Å². The minimum atomic E-state index is -3.64. The maximum atomic E-state index is 13.2. The Morgan fingerprint density at radius 3 is 2.52 bits per heavy atom. The molecule has 0 saturated carbocycles. The highest BCUT2D eigenvalue weighted by Crippen LogP contribution is 2.31. The topological polar surface area (TPSA) is 73.8 Å². The molecule has 0 aliphatic carbocycles. The molecule has 0 radical (unpaired) electrons. The van der Waals surface area contributed by atoms with Crippen LogP contribution < -0.4 is 0 Å². The molecule has 7 nitrogen and oxygen atoms in total. The van der Waals surface area contributed by atoms with Gasteiger partial charge in [-0.1, -0.05) is 23.7 Å². The van der Waals surface area contributed by atoms with Crippen LogP contribution in [0.25, 0.3) is 10.8 Å². The molecule has 174 valence electrons. The molecule has 3 aromatic rings. The van der Waals surface area contributed by atoms with E-state index < -0.39 is 10.0 Å². The highest BCUT2D eigenvalue weighted by molar-refractivity contribution is 7.89. The number of hydrogen-bond acceptors (Lipinski definition) is 6. The van der Waals surface area contributed by atoms with Gasteiger partial charge in [0.2, 0.25) is 10.0 Å². The molecule has 2 fully saturated rings. The SMILES string of the molecule is CN1CCC(c2cnc(C(=O)N3CCN(S(=O)(=O)c4ccc5cc(Cl)ccc5c4)CC3)s2)C1. The lowest BCUT2D eigenvalue weighted by Crippen LogP contribution is -2.50. The van der Waals surface area contributed by atoms with Crippen LogP contribution in [0.3, 0.4) is 0 Å². The van der Waals surface area contributed by atoms with Crippen molar-refractivity contribution in [2.75, 3.05) is 46.3 Å². The van der Waals surface area contributed by atoms with Crippen LogP contribution in [0.15, 0.2) is 47.5 Å². The van der Waals surface area contributed by atoms with Gasteiger partial charge in [-0.3, -0.25) is 4.79 Å². The highest BCUT2D eigenvalue weighted by atomic mass is 35.5. The number of likely N-dealkylation sites (N-methyl/N-ethyl adjacent to an activating group) is 1. The molecule has 2 saturated heterocycles. The van der Waals surface area contributed by atoms with Crippen molar-refractivity contribution in [3.05, 3.63) is 57.5 Å². The van der Waals surface area contributed by atoms with E-state index in [1.807, 2.05) is 18.3 Å². The maximum Gasteiger partial charge on any atom is 0.282 e. The van der Waals surface area contributed by atoms with Crippen molar-refractivity contribution in [2.45, 2.75) is 17.2 Å². The smallest absolute Gasteiger partial charge is 0.282 e. The van der Waals surface area contributed by atoms with Crippen molar-refractivity contribution in [1.82, 2.24) is 19.1 Å². The Hall–Kier alpha value is -2.04. The Balaban J connectivity index is 1.25. The fourth-order valence-electron chi connectivity index (χ4n) is 4.51. The molecule has 10 heteroatoms. The van der Waals surface area contributed by atoms with Gasteiger partial charge in [0.1, 0.15) is 0 Å². The van der Waals surface area contributed by atoms with Crippen molar-refractivity contribution in [1.29, 1.82) is 0 Å². The molecule has 1 atom stereocenters. The third-order valence-electron chi connectivity index (χ3n) is 6.44. The van der Waals surface area contributed by atoms with Gasteiger partial charge >= 0.3 is 0 Å². The summed E-state index contributed by atoms with van der Waals surface area (Å²) in [6.45, 7) is 3.28. The summed E-state index contributed by atoms with van der Waals surface area (Å²) in [5.41, 5.74) is 0. The second kappa shape index (κ2) is 8.96. The lowest BCUT2D eigenvalue weighted by molar-refractivity contribution is 0.0697. The number of piperazine rings is 1. The number of nitrogens with zero attached hydrogens (tertiary/aromatic N) is 4. The van der Waals surface area contributed by atoms with Crippen LogP contribution in [0.5, 0.6) is 0 Å². The number of rotatable bonds is 4. The Bertz CT molecular complexity index is 1300. The monoisotopic (exact) mass is 504 g/mol. The number of likely N-dealkylation sites (tertiary alicyclic amines) is 1. The first-order chi connectivity index (χ1) is 15.8. The van der Waals surface area contributed by atoms with Crippen molar-refractivity contribution in [3.8, 4) is 0 Å². The average Bonchev–Trinajstić information content (AvgIpc) is 3.47. The third-order valence-corrected chi connectivity index (χ3v) is 9.72. The Kier molecular flexibility index (Phi) is 6.17. The van der Waals surface area contributed by atoms with Crippen molar-refractivity contribution < 1.29 is 13.2 Å². The van der Waals surface area contributed by atoms with Gasteiger partial charge in [0.15, 0.2) is 5.01 Å². The Morgan fingerprint density at radius 2 is 1.79 bits per heavy atom. The highest BCUT2D eigenvalue weighted by Gasteiger charge is 2.32. The molecule has 2 aromatic carbocycles. The van der Waals surface area contributed by atoms with E-state index in [9.17, 15) is 13.2 Å². The first-order valence-electron chi connectivity index (χ1n) is 10.9. The number of halogens is 1. The average molecular weight is 505 g/mol. The number of thiazole rings is 1. The summed E-state index contributed by atoms with van der Waals surface area (Å²) in [6, 6.07) is 10.4. The van der Waals surface area contributed by atoms with Crippen LogP contribution in [0.4, 0.5) is 0 Å². The van der Waals surface area contributed by atoms with Crippen LogP contribution in [-0.4, -0.2) is 79.7 Å². The first kappa shape index (κ1) is 22.7. The molecule has 1 amide bonds. The van der Waals surface area contributed by atoms with Gasteiger partial charge in [0.25, 0.3) is 5.91 Å². The van der Waals surface area contributed by atoms with Gasteiger partial charge in [0.05, 0.1) is 4.90 Å². The quantitative estimate of drug-likeness (QED) is 0.543. The standard InChI is InChI=1S/C23H25ClN4O3S2/c1-26-7-6-18(15-26)21-14-25-22(32-21)23(29)27-8-10-28(11-9-27)33(30,31)20-5-3-16-12-19(24)4-2-17(16)13-20/h2-5,12-14,18H,6-11,15H2,1H3. The van der Waals surface area contributed by atoms with Crippen molar-refractivity contribution in [2.24, 2.45) is 0 Å². The van der Waals surface area contributed by atoms with E-state index in [4.69, 9.17) is 11.6 Å². The van der Waals surface area contributed by atoms with Crippen molar-refractivity contribution >= 4 is 49.6 Å². The number of amides is 1. The van der Waals surface area contributed by atoms with Crippen molar-refractivity contribution in [3.63, 3.8) is 0 Å². The van der Waals surface area contributed by atoms with E-state index >= 15 is 0 Å². The molecule has 2 aliphatic rings. The maximum absolute atomic E-state index is 13.2. The van der Waals surface area contributed by atoms with Crippen LogP contribution in [0.1, 0.15) is 27.0 Å². The van der Waals surface area contributed by atoms with E-state index in [0.717, 1.165) is 35.2 Å². The van der Waals surface area contributed by atoms with Gasteiger partial charge < -0.3 is 9.80 Å². The van der Waals surface area contributed by atoms with Gasteiger partial charge in [0, 0.05) is 54.7 Å².